The maximum absolute atomic E-state index is 12.2. The molecule has 0 saturated heterocycles. The van der Waals surface area contributed by atoms with E-state index in [4.69, 9.17) is 0 Å². The Morgan fingerprint density at radius 2 is 1.90 bits per heavy atom. The van der Waals surface area contributed by atoms with Crippen molar-refractivity contribution in [2.24, 2.45) is 46.3 Å². The summed E-state index contributed by atoms with van der Waals surface area (Å²) >= 11 is 0. The monoisotopic (exact) mass is 400 g/mol. The fourth-order valence-corrected chi connectivity index (χ4v) is 8.45. The molecule has 0 aromatic carbocycles. The summed E-state index contributed by atoms with van der Waals surface area (Å²) in [6.45, 7) is 9.69. The summed E-state index contributed by atoms with van der Waals surface area (Å²) in [4.78, 5) is 23.8. The summed E-state index contributed by atoms with van der Waals surface area (Å²) in [5.74, 6) is 3.06. The van der Waals surface area contributed by atoms with Crippen LogP contribution in [0.2, 0.25) is 0 Å². The Morgan fingerprint density at radius 1 is 1.14 bits per heavy atom. The van der Waals surface area contributed by atoms with Crippen molar-refractivity contribution in [3.63, 3.8) is 0 Å². The van der Waals surface area contributed by atoms with Gasteiger partial charge in [0.15, 0.2) is 0 Å². The Balaban J connectivity index is 1.53. The maximum Gasteiger partial charge on any atom is 0.374 e. The van der Waals surface area contributed by atoms with Crippen molar-refractivity contribution in [3.05, 3.63) is 11.6 Å². The molecule has 4 aliphatic rings. The molecular weight excluding hydrogens is 360 g/mol. The second-order valence-electron chi connectivity index (χ2n) is 11.4. The first-order valence-corrected chi connectivity index (χ1v) is 12.0. The van der Waals surface area contributed by atoms with Crippen LogP contribution in [-0.2, 0) is 14.3 Å². The molecule has 29 heavy (non-hydrogen) atoms. The minimum absolute atomic E-state index is 0.258. The van der Waals surface area contributed by atoms with Crippen LogP contribution in [0.1, 0.15) is 85.5 Å². The number of rotatable bonds is 4. The molecule has 8 atom stereocenters. The maximum atomic E-state index is 12.2. The average molecular weight is 401 g/mol. The van der Waals surface area contributed by atoms with Crippen molar-refractivity contribution in [1.82, 2.24) is 0 Å². The van der Waals surface area contributed by atoms with Crippen LogP contribution in [0.15, 0.2) is 11.6 Å². The molecule has 3 nitrogen and oxygen atoms in total. The van der Waals surface area contributed by atoms with Gasteiger partial charge in [-0.05, 0) is 97.7 Å². The summed E-state index contributed by atoms with van der Waals surface area (Å²) in [6, 6.07) is 0. The Morgan fingerprint density at radius 3 is 2.62 bits per heavy atom. The highest BCUT2D eigenvalue weighted by molar-refractivity contribution is 6.33. The average Bonchev–Trinajstić information content (AvgIpc) is 3.05. The van der Waals surface area contributed by atoms with E-state index < -0.39 is 5.97 Å². The topological polar surface area (TPSA) is 43.4 Å². The molecule has 0 spiro atoms. The van der Waals surface area contributed by atoms with Crippen LogP contribution in [0.3, 0.4) is 0 Å². The van der Waals surface area contributed by atoms with Gasteiger partial charge in [0.05, 0.1) is 7.11 Å². The summed E-state index contributed by atoms with van der Waals surface area (Å²) in [7, 11) is 1.30. The zero-order valence-corrected chi connectivity index (χ0v) is 19.1. The molecule has 4 aliphatic carbocycles. The van der Waals surface area contributed by atoms with Gasteiger partial charge in [-0.1, -0.05) is 39.3 Å². The Bertz CT molecular complexity index is 709. The molecule has 0 aromatic heterocycles. The SMILES string of the molecule is COC(=O)C(=O)C[C@@H](C)[C@H]1CC[C@H]2[C@@H]3CC=C4C[C@@H](C)CC[C@]4(C)[C@H]3CC[C@]12C. The number of ether oxygens (including phenoxy) is 1. The lowest BCUT2D eigenvalue weighted by Crippen LogP contribution is -2.50. The number of hydrogen-bond acceptors (Lipinski definition) is 3. The third-order valence-electron chi connectivity index (χ3n) is 10.0. The number of carbonyl (C=O) groups excluding carboxylic acids is 2. The van der Waals surface area contributed by atoms with Crippen molar-refractivity contribution in [3.8, 4) is 0 Å². The van der Waals surface area contributed by atoms with Crippen molar-refractivity contribution < 1.29 is 14.3 Å². The second-order valence-corrected chi connectivity index (χ2v) is 11.4. The second kappa shape index (κ2) is 7.54. The first-order chi connectivity index (χ1) is 13.7. The fraction of sp³-hybridized carbons (Fsp3) is 0.846. The first-order valence-electron chi connectivity index (χ1n) is 12.0. The zero-order chi connectivity index (χ0) is 21.0. The summed E-state index contributed by atoms with van der Waals surface area (Å²) in [5.41, 5.74) is 2.52. The predicted molar refractivity (Wildman–Crippen MR) is 115 cm³/mol. The van der Waals surface area contributed by atoms with Crippen LogP contribution in [-0.4, -0.2) is 18.9 Å². The Hall–Kier alpha value is -1.12. The molecule has 0 amide bonds. The number of ketones is 1. The van der Waals surface area contributed by atoms with Gasteiger partial charge in [-0.2, -0.15) is 0 Å². The van der Waals surface area contributed by atoms with Crippen molar-refractivity contribution >= 4 is 11.8 Å². The summed E-state index contributed by atoms with van der Waals surface area (Å²) in [5, 5.41) is 0. The molecule has 0 heterocycles. The van der Waals surface area contributed by atoms with Crippen molar-refractivity contribution in [2.75, 3.05) is 7.11 Å². The molecule has 0 radical (unpaired) electrons. The summed E-state index contributed by atoms with van der Waals surface area (Å²) < 4.78 is 4.65. The highest BCUT2D eigenvalue weighted by Crippen LogP contribution is 2.67. The predicted octanol–water partition coefficient (Wildman–Crippen LogP) is 5.97. The third kappa shape index (κ3) is 3.31. The van der Waals surface area contributed by atoms with Gasteiger partial charge in [0.2, 0.25) is 5.78 Å². The molecule has 162 valence electrons. The van der Waals surface area contributed by atoms with Crippen molar-refractivity contribution in [1.29, 1.82) is 0 Å². The van der Waals surface area contributed by atoms with E-state index in [0.717, 1.165) is 23.7 Å². The van der Waals surface area contributed by atoms with Crippen LogP contribution in [0, 0.1) is 46.3 Å². The minimum Gasteiger partial charge on any atom is -0.463 e. The van der Waals surface area contributed by atoms with E-state index in [0.29, 0.717) is 23.2 Å². The van der Waals surface area contributed by atoms with Gasteiger partial charge in [-0.25, -0.2) is 4.79 Å². The molecule has 0 N–H and O–H groups in total. The summed E-state index contributed by atoms with van der Waals surface area (Å²) in [6.07, 6.45) is 13.5. The van der Waals surface area contributed by atoms with Crippen LogP contribution in [0.5, 0.6) is 0 Å². The Kier molecular flexibility index (Phi) is 5.49. The lowest BCUT2D eigenvalue weighted by atomic mass is 9.46. The number of hydrogen-bond donors (Lipinski definition) is 0. The van der Waals surface area contributed by atoms with E-state index in [2.05, 4.69) is 38.5 Å². The minimum atomic E-state index is -0.676. The van der Waals surface area contributed by atoms with E-state index in [-0.39, 0.29) is 11.7 Å². The van der Waals surface area contributed by atoms with Crippen LogP contribution >= 0.6 is 0 Å². The first kappa shape index (κ1) is 21.1. The van der Waals surface area contributed by atoms with E-state index in [9.17, 15) is 9.59 Å². The molecule has 4 rings (SSSR count). The molecule has 3 fully saturated rings. The molecule has 0 unspecified atom stereocenters. The van der Waals surface area contributed by atoms with Crippen LogP contribution in [0.4, 0.5) is 0 Å². The Labute approximate surface area is 177 Å². The van der Waals surface area contributed by atoms with Crippen LogP contribution < -0.4 is 0 Å². The molecule has 0 bridgehead atoms. The van der Waals surface area contributed by atoms with E-state index in [1.807, 2.05) is 0 Å². The van der Waals surface area contributed by atoms with E-state index in [1.165, 1.54) is 58.5 Å². The highest BCUT2D eigenvalue weighted by Gasteiger charge is 2.59. The molecule has 0 aromatic rings. The fourth-order valence-electron chi connectivity index (χ4n) is 8.45. The quantitative estimate of drug-likeness (QED) is 0.332. The highest BCUT2D eigenvalue weighted by atomic mass is 16.5. The van der Waals surface area contributed by atoms with Gasteiger partial charge < -0.3 is 4.74 Å². The number of allylic oxidation sites excluding steroid dienone is 2. The van der Waals surface area contributed by atoms with Gasteiger partial charge in [0.1, 0.15) is 0 Å². The van der Waals surface area contributed by atoms with Gasteiger partial charge in [-0.15, -0.1) is 0 Å². The number of Topliss-reactive ketones (excluding diaryl/α,β-unsaturated/α-hetero) is 1. The van der Waals surface area contributed by atoms with Crippen molar-refractivity contribution in [2.45, 2.75) is 85.5 Å². The van der Waals surface area contributed by atoms with E-state index in [1.54, 1.807) is 5.57 Å². The normalized spacial score (nSPS) is 44.7. The molecule has 3 saturated carbocycles. The van der Waals surface area contributed by atoms with E-state index >= 15 is 0 Å². The molecule has 3 heteroatoms. The zero-order valence-electron chi connectivity index (χ0n) is 19.1. The van der Waals surface area contributed by atoms with Gasteiger partial charge in [-0.3, -0.25) is 4.79 Å². The molecule has 0 aliphatic heterocycles. The standard InChI is InChI=1S/C26H40O3/c1-16-10-12-25(3)18(14-16)6-7-19-21-9-8-20(26(21,4)13-11-22(19)25)17(2)15-23(27)24(28)29-5/h6,16-17,19-22H,7-15H2,1-5H3/t16-,17+,19-,20+,21-,22-,25-,26+/m0/s1. The largest absolute Gasteiger partial charge is 0.463 e. The number of fused-ring (bicyclic) bond motifs is 5. The van der Waals surface area contributed by atoms with Crippen LogP contribution in [0.25, 0.3) is 0 Å². The van der Waals surface area contributed by atoms with Gasteiger partial charge in [0.25, 0.3) is 0 Å². The van der Waals surface area contributed by atoms with Gasteiger partial charge >= 0.3 is 5.97 Å². The lowest BCUT2D eigenvalue weighted by Gasteiger charge is -2.58. The number of carbonyl (C=O) groups is 2. The van der Waals surface area contributed by atoms with Gasteiger partial charge in [0, 0.05) is 6.42 Å². The number of methoxy groups -OCH3 is 1. The lowest BCUT2D eigenvalue weighted by molar-refractivity contribution is -0.152. The smallest absolute Gasteiger partial charge is 0.374 e. The molecular formula is C26H40O3. The third-order valence-corrected chi connectivity index (χ3v) is 10.0. The number of esters is 1.